The van der Waals surface area contributed by atoms with Crippen molar-refractivity contribution >= 4 is 49.2 Å². The average Bonchev–Trinajstić information content (AvgIpc) is 2.38. The summed E-state index contributed by atoms with van der Waals surface area (Å²) in [6.45, 7) is -0.0250. The number of ether oxygens (including phenoxy) is 1. The number of hydrogen-bond acceptors (Lipinski definition) is 2. The molecule has 2 rings (SSSR count). The number of carbonyl (C=O) groups excluding carboxylic acids is 1. The lowest BCUT2D eigenvalue weighted by molar-refractivity contribution is 0.0920. The first kappa shape index (κ1) is 14.6. The van der Waals surface area contributed by atoms with Gasteiger partial charge in [0.15, 0.2) is 6.61 Å². The van der Waals surface area contributed by atoms with Gasteiger partial charge in [-0.15, -0.1) is 0 Å². The second-order valence-electron chi connectivity index (χ2n) is 3.77. The van der Waals surface area contributed by atoms with E-state index >= 15 is 0 Å². The predicted octanol–water partition coefficient (Wildman–Crippen LogP) is 5.13. The third-order valence-corrected chi connectivity index (χ3v) is 3.97. The molecule has 0 heterocycles. The zero-order valence-electron chi connectivity index (χ0n) is 9.70. The van der Waals surface area contributed by atoms with Gasteiger partial charge in [0.1, 0.15) is 5.75 Å². The third-order valence-electron chi connectivity index (χ3n) is 2.43. The lowest BCUT2D eigenvalue weighted by atomic mass is 10.1. The minimum atomic E-state index is -0.0886. The topological polar surface area (TPSA) is 26.3 Å². The van der Waals surface area contributed by atoms with Crippen molar-refractivity contribution in [1.29, 1.82) is 0 Å². The molecule has 0 fully saturated rings. The van der Waals surface area contributed by atoms with Gasteiger partial charge in [-0.2, -0.15) is 0 Å². The van der Waals surface area contributed by atoms with Crippen LogP contribution in [0.1, 0.15) is 10.4 Å². The van der Waals surface area contributed by atoms with Crippen LogP contribution in [0.5, 0.6) is 5.75 Å². The second-order valence-corrected chi connectivity index (χ2v) is 5.91. The third kappa shape index (κ3) is 3.81. The summed E-state index contributed by atoms with van der Waals surface area (Å²) in [7, 11) is 0. The van der Waals surface area contributed by atoms with E-state index < -0.39 is 0 Å². The SMILES string of the molecule is O=C(COc1ccc(Cl)cc1Br)c1ccccc1Br. The summed E-state index contributed by atoms with van der Waals surface area (Å²) >= 11 is 12.5. The second kappa shape index (κ2) is 6.55. The van der Waals surface area contributed by atoms with Crippen LogP contribution in [0.15, 0.2) is 51.4 Å². The van der Waals surface area contributed by atoms with Gasteiger partial charge in [-0.05, 0) is 40.2 Å². The lowest BCUT2D eigenvalue weighted by Crippen LogP contribution is -2.12. The standard InChI is InChI=1S/C14H9Br2ClO2/c15-11-4-2-1-3-10(11)13(18)8-19-14-6-5-9(17)7-12(14)16/h1-7H,8H2. The highest BCUT2D eigenvalue weighted by Gasteiger charge is 2.11. The van der Waals surface area contributed by atoms with E-state index in [-0.39, 0.29) is 12.4 Å². The Balaban J connectivity index is 2.07. The van der Waals surface area contributed by atoms with Crippen LogP contribution in [0.3, 0.4) is 0 Å². The van der Waals surface area contributed by atoms with Gasteiger partial charge in [-0.25, -0.2) is 0 Å². The maximum absolute atomic E-state index is 12.0. The van der Waals surface area contributed by atoms with Gasteiger partial charge in [0.2, 0.25) is 5.78 Å². The van der Waals surface area contributed by atoms with Crippen LogP contribution in [0.25, 0.3) is 0 Å². The molecular weight excluding hydrogens is 395 g/mol. The summed E-state index contributed by atoms with van der Waals surface area (Å²) in [5.41, 5.74) is 0.604. The number of Topliss-reactive ketones (excluding diaryl/α,β-unsaturated/α-hetero) is 1. The lowest BCUT2D eigenvalue weighted by Gasteiger charge is -2.08. The first-order chi connectivity index (χ1) is 9.08. The zero-order valence-corrected chi connectivity index (χ0v) is 13.6. The first-order valence-corrected chi connectivity index (χ1v) is 7.40. The fourth-order valence-corrected chi connectivity index (χ4v) is 2.80. The molecular formula is C14H9Br2ClO2. The molecule has 2 nitrogen and oxygen atoms in total. The quantitative estimate of drug-likeness (QED) is 0.661. The Hall–Kier alpha value is -0.840. The molecule has 98 valence electrons. The van der Waals surface area contributed by atoms with Crippen molar-refractivity contribution in [3.05, 3.63) is 62.0 Å². The molecule has 0 amide bonds. The highest BCUT2D eigenvalue weighted by molar-refractivity contribution is 9.10. The molecule has 0 saturated heterocycles. The largest absolute Gasteiger partial charge is 0.484 e. The molecule has 2 aromatic rings. The van der Waals surface area contributed by atoms with Crippen molar-refractivity contribution in [2.75, 3.05) is 6.61 Å². The Morgan fingerprint density at radius 3 is 2.53 bits per heavy atom. The van der Waals surface area contributed by atoms with Crippen molar-refractivity contribution in [2.45, 2.75) is 0 Å². The molecule has 0 aliphatic heterocycles. The molecule has 0 unspecified atom stereocenters. The Labute approximate surface area is 133 Å². The van der Waals surface area contributed by atoms with Crippen molar-refractivity contribution in [3.8, 4) is 5.75 Å². The maximum atomic E-state index is 12.0. The van der Waals surface area contributed by atoms with Gasteiger partial charge < -0.3 is 4.74 Å². The Morgan fingerprint density at radius 2 is 1.84 bits per heavy atom. The van der Waals surface area contributed by atoms with Gasteiger partial charge in [0.05, 0.1) is 4.47 Å². The van der Waals surface area contributed by atoms with E-state index in [1.54, 1.807) is 24.3 Å². The minimum absolute atomic E-state index is 0.0250. The van der Waals surface area contributed by atoms with E-state index in [1.165, 1.54) is 0 Å². The molecule has 0 spiro atoms. The van der Waals surface area contributed by atoms with E-state index in [2.05, 4.69) is 31.9 Å². The number of hydrogen-bond donors (Lipinski definition) is 0. The smallest absolute Gasteiger partial charge is 0.201 e. The minimum Gasteiger partial charge on any atom is -0.484 e. The van der Waals surface area contributed by atoms with Gasteiger partial charge in [-0.1, -0.05) is 45.7 Å². The van der Waals surface area contributed by atoms with Crippen LogP contribution in [0.2, 0.25) is 5.02 Å². The number of carbonyl (C=O) groups is 1. The van der Waals surface area contributed by atoms with Crippen LogP contribution >= 0.6 is 43.5 Å². The van der Waals surface area contributed by atoms with Gasteiger partial charge >= 0.3 is 0 Å². The number of rotatable bonds is 4. The maximum Gasteiger partial charge on any atom is 0.201 e. The summed E-state index contributed by atoms with van der Waals surface area (Å²) in [4.78, 5) is 12.0. The van der Waals surface area contributed by atoms with E-state index in [0.717, 1.165) is 8.95 Å². The molecule has 0 atom stereocenters. The van der Waals surface area contributed by atoms with Crippen molar-refractivity contribution in [3.63, 3.8) is 0 Å². The summed E-state index contributed by atoms with van der Waals surface area (Å²) in [5.74, 6) is 0.499. The highest BCUT2D eigenvalue weighted by Crippen LogP contribution is 2.28. The van der Waals surface area contributed by atoms with Gasteiger partial charge in [0, 0.05) is 15.1 Å². The Morgan fingerprint density at radius 1 is 1.11 bits per heavy atom. The average molecular weight is 404 g/mol. The molecule has 0 aliphatic rings. The summed E-state index contributed by atoms with van der Waals surface area (Å²) in [6, 6.07) is 12.4. The molecule has 0 aliphatic carbocycles. The van der Waals surface area contributed by atoms with E-state index in [4.69, 9.17) is 16.3 Å². The number of ketones is 1. The van der Waals surface area contributed by atoms with Crippen LogP contribution in [-0.2, 0) is 0 Å². The summed E-state index contributed by atoms with van der Waals surface area (Å²) in [6.07, 6.45) is 0. The number of benzene rings is 2. The molecule has 0 bridgehead atoms. The number of halogens is 3. The first-order valence-electron chi connectivity index (χ1n) is 5.43. The highest BCUT2D eigenvalue weighted by atomic mass is 79.9. The van der Waals surface area contributed by atoms with E-state index in [9.17, 15) is 4.79 Å². The van der Waals surface area contributed by atoms with Crippen LogP contribution < -0.4 is 4.74 Å². The van der Waals surface area contributed by atoms with Crippen molar-refractivity contribution in [1.82, 2.24) is 0 Å². The van der Waals surface area contributed by atoms with Crippen LogP contribution in [-0.4, -0.2) is 12.4 Å². The summed E-state index contributed by atoms with van der Waals surface area (Å²) < 4.78 is 6.97. The van der Waals surface area contributed by atoms with Crippen molar-refractivity contribution < 1.29 is 9.53 Å². The van der Waals surface area contributed by atoms with Crippen LogP contribution in [0, 0.1) is 0 Å². The van der Waals surface area contributed by atoms with E-state index in [1.807, 2.05) is 18.2 Å². The van der Waals surface area contributed by atoms with Gasteiger partial charge in [-0.3, -0.25) is 4.79 Å². The van der Waals surface area contributed by atoms with Crippen molar-refractivity contribution in [2.24, 2.45) is 0 Å². The molecule has 2 aromatic carbocycles. The Kier molecular flexibility index (Phi) is 5.02. The van der Waals surface area contributed by atoms with Crippen LogP contribution in [0.4, 0.5) is 0 Å². The fraction of sp³-hybridized carbons (Fsp3) is 0.0714. The molecule has 19 heavy (non-hydrogen) atoms. The fourth-order valence-electron chi connectivity index (χ4n) is 1.50. The summed E-state index contributed by atoms with van der Waals surface area (Å²) in [5, 5.41) is 0.608. The monoisotopic (exact) mass is 402 g/mol. The molecule has 0 N–H and O–H groups in total. The normalized spacial score (nSPS) is 10.3. The molecule has 0 aromatic heterocycles. The van der Waals surface area contributed by atoms with Gasteiger partial charge in [0.25, 0.3) is 0 Å². The molecule has 5 heteroatoms. The molecule has 0 radical (unpaired) electrons. The Bertz CT molecular complexity index is 614. The molecule has 0 saturated carbocycles. The zero-order chi connectivity index (χ0) is 13.8. The predicted molar refractivity (Wildman–Crippen MR) is 83.1 cm³/mol. The van der Waals surface area contributed by atoms with E-state index in [0.29, 0.717) is 16.3 Å².